The molecule has 1 aliphatic rings. The molecule has 2 N–H and O–H groups in total. The first-order valence-electron chi connectivity index (χ1n) is 9.80. The first kappa shape index (κ1) is 20.5. The average Bonchev–Trinajstić information content (AvgIpc) is 3.13. The van der Waals surface area contributed by atoms with Crippen LogP contribution in [0.3, 0.4) is 0 Å². The molecule has 0 amide bonds. The maximum absolute atomic E-state index is 5.61. The van der Waals surface area contributed by atoms with Gasteiger partial charge in [-0.2, -0.15) is 0 Å². The van der Waals surface area contributed by atoms with E-state index in [1.807, 2.05) is 12.1 Å². The highest BCUT2D eigenvalue weighted by Crippen LogP contribution is 2.40. The van der Waals surface area contributed by atoms with Crippen LogP contribution in [0.2, 0.25) is 0 Å². The van der Waals surface area contributed by atoms with Crippen LogP contribution in [0.1, 0.15) is 51.5 Å². The van der Waals surface area contributed by atoms with Crippen LogP contribution in [0.4, 0.5) is 0 Å². The van der Waals surface area contributed by atoms with Gasteiger partial charge in [0, 0.05) is 38.6 Å². The predicted octanol–water partition coefficient (Wildman–Crippen LogP) is 3.13. The smallest absolute Gasteiger partial charge is 0.213 e. The molecule has 1 aromatic heterocycles. The lowest BCUT2D eigenvalue weighted by Gasteiger charge is -2.30. The molecule has 0 atom stereocenters. The summed E-state index contributed by atoms with van der Waals surface area (Å²) >= 11 is 0. The van der Waals surface area contributed by atoms with Crippen LogP contribution >= 0.6 is 0 Å². The molecule has 1 aliphatic carbocycles. The molecule has 1 heterocycles. The van der Waals surface area contributed by atoms with E-state index in [2.05, 4.69) is 29.5 Å². The van der Waals surface area contributed by atoms with Crippen LogP contribution in [0.25, 0.3) is 0 Å². The van der Waals surface area contributed by atoms with Crippen molar-refractivity contribution >= 4 is 5.96 Å². The van der Waals surface area contributed by atoms with Crippen LogP contribution in [-0.4, -0.2) is 44.4 Å². The molecule has 1 fully saturated rings. The van der Waals surface area contributed by atoms with Crippen LogP contribution in [0.5, 0.6) is 5.88 Å². The second-order valence-electron chi connectivity index (χ2n) is 6.91. The van der Waals surface area contributed by atoms with Crippen molar-refractivity contribution in [2.75, 3.05) is 33.4 Å². The van der Waals surface area contributed by atoms with Gasteiger partial charge in [-0.15, -0.1) is 0 Å². The minimum absolute atomic E-state index is 0.339. The van der Waals surface area contributed by atoms with Crippen LogP contribution in [-0.2, 0) is 11.3 Å². The van der Waals surface area contributed by atoms with Crippen molar-refractivity contribution in [3.63, 3.8) is 0 Å². The fraction of sp³-hybridized carbons (Fsp3) is 0.700. The van der Waals surface area contributed by atoms with Crippen molar-refractivity contribution in [2.24, 2.45) is 10.4 Å². The minimum Gasteiger partial charge on any atom is -0.481 e. The second kappa shape index (κ2) is 11.0. The Bertz CT molecular complexity index is 556. The molecule has 0 aromatic carbocycles. The maximum Gasteiger partial charge on any atom is 0.213 e. The normalized spacial score (nSPS) is 16.5. The molecule has 0 unspecified atom stereocenters. The topological polar surface area (TPSA) is 67.8 Å². The van der Waals surface area contributed by atoms with Gasteiger partial charge in [-0.25, -0.2) is 9.98 Å². The summed E-state index contributed by atoms with van der Waals surface area (Å²) in [6, 6.07) is 3.89. The van der Waals surface area contributed by atoms with Gasteiger partial charge in [0.1, 0.15) is 0 Å². The molecule has 0 spiro atoms. The summed E-state index contributed by atoms with van der Waals surface area (Å²) in [7, 11) is 1.63. The van der Waals surface area contributed by atoms with Crippen molar-refractivity contribution in [1.29, 1.82) is 0 Å². The summed E-state index contributed by atoms with van der Waals surface area (Å²) in [6.07, 6.45) is 8.05. The fourth-order valence-corrected chi connectivity index (χ4v) is 3.52. The number of aliphatic imine (C=N–C) groups is 1. The molecule has 6 heteroatoms. The highest BCUT2D eigenvalue weighted by atomic mass is 16.5. The first-order chi connectivity index (χ1) is 12.7. The Kier molecular flexibility index (Phi) is 8.68. The monoisotopic (exact) mass is 362 g/mol. The lowest BCUT2D eigenvalue weighted by molar-refractivity contribution is 0.105. The largest absolute Gasteiger partial charge is 0.481 e. The Morgan fingerprint density at radius 3 is 2.77 bits per heavy atom. The van der Waals surface area contributed by atoms with E-state index >= 15 is 0 Å². The number of nitrogens with one attached hydrogen (secondary N) is 2. The second-order valence-corrected chi connectivity index (χ2v) is 6.91. The summed E-state index contributed by atoms with van der Waals surface area (Å²) in [6.45, 7) is 8.19. The van der Waals surface area contributed by atoms with Gasteiger partial charge in [0.25, 0.3) is 0 Å². The van der Waals surface area contributed by atoms with Gasteiger partial charge in [-0.1, -0.05) is 12.8 Å². The average molecular weight is 363 g/mol. The molecule has 0 aliphatic heterocycles. The van der Waals surface area contributed by atoms with Gasteiger partial charge in [0.2, 0.25) is 5.88 Å². The number of ether oxygens (including phenoxy) is 2. The molecular formula is C20H34N4O2. The first-order valence-corrected chi connectivity index (χ1v) is 9.80. The third-order valence-corrected chi connectivity index (χ3v) is 5.05. The number of rotatable bonds is 10. The van der Waals surface area contributed by atoms with Crippen molar-refractivity contribution in [1.82, 2.24) is 15.6 Å². The van der Waals surface area contributed by atoms with Gasteiger partial charge in [-0.05, 0) is 50.2 Å². The molecule has 0 bridgehead atoms. The number of guanidine groups is 1. The Balaban J connectivity index is 1.94. The highest BCUT2D eigenvalue weighted by Gasteiger charge is 2.33. The zero-order valence-electron chi connectivity index (χ0n) is 16.5. The quantitative estimate of drug-likeness (QED) is 0.380. The predicted molar refractivity (Wildman–Crippen MR) is 106 cm³/mol. The Morgan fingerprint density at radius 1 is 1.27 bits per heavy atom. The number of nitrogens with zero attached hydrogens (tertiary/aromatic N) is 2. The Morgan fingerprint density at radius 2 is 2.08 bits per heavy atom. The third kappa shape index (κ3) is 6.48. The standard InChI is InChI=1S/C20H34N4O2/c1-4-21-19(23-15-17-8-12-22-18(14-17)25-3)24-16-20(9-6-7-10-20)11-13-26-5-2/h8,12,14H,4-7,9-11,13,15-16H2,1-3H3,(H2,21,23,24). The minimum atomic E-state index is 0.339. The Hall–Kier alpha value is -1.82. The molecule has 1 aromatic rings. The number of methoxy groups -OCH3 is 1. The van der Waals surface area contributed by atoms with Gasteiger partial charge in [0.05, 0.1) is 13.7 Å². The maximum atomic E-state index is 5.61. The number of pyridine rings is 1. The number of aromatic nitrogens is 1. The van der Waals surface area contributed by atoms with Gasteiger partial charge < -0.3 is 20.1 Å². The van der Waals surface area contributed by atoms with Gasteiger partial charge >= 0.3 is 0 Å². The lowest BCUT2D eigenvalue weighted by Crippen LogP contribution is -2.43. The van der Waals surface area contributed by atoms with E-state index in [1.54, 1.807) is 13.3 Å². The molecule has 146 valence electrons. The van der Waals surface area contributed by atoms with E-state index in [0.717, 1.165) is 44.2 Å². The van der Waals surface area contributed by atoms with Crippen molar-refractivity contribution < 1.29 is 9.47 Å². The summed E-state index contributed by atoms with van der Waals surface area (Å²) < 4.78 is 10.8. The van der Waals surface area contributed by atoms with Crippen molar-refractivity contribution in [3.8, 4) is 5.88 Å². The van der Waals surface area contributed by atoms with Crippen LogP contribution < -0.4 is 15.4 Å². The van der Waals surface area contributed by atoms with Crippen molar-refractivity contribution in [3.05, 3.63) is 23.9 Å². The van der Waals surface area contributed by atoms with Crippen LogP contribution in [0.15, 0.2) is 23.3 Å². The Labute approximate surface area is 157 Å². The SMILES string of the molecule is CCNC(=NCc1ccnc(OC)c1)NCC1(CCOCC)CCCC1. The van der Waals surface area contributed by atoms with E-state index in [1.165, 1.54) is 25.7 Å². The summed E-state index contributed by atoms with van der Waals surface area (Å²) in [4.78, 5) is 8.87. The highest BCUT2D eigenvalue weighted by molar-refractivity contribution is 5.79. The van der Waals surface area contributed by atoms with E-state index < -0.39 is 0 Å². The number of hydrogen-bond donors (Lipinski definition) is 2. The van der Waals surface area contributed by atoms with E-state index in [-0.39, 0.29) is 0 Å². The van der Waals surface area contributed by atoms with Crippen molar-refractivity contribution in [2.45, 2.75) is 52.5 Å². The molecule has 0 radical (unpaired) electrons. The third-order valence-electron chi connectivity index (χ3n) is 5.05. The summed E-state index contributed by atoms with van der Waals surface area (Å²) in [5.74, 6) is 1.49. The molecule has 6 nitrogen and oxygen atoms in total. The van der Waals surface area contributed by atoms with E-state index in [0.29, 0.717) is 17.8 Å². The molecular weight excluding hydrogens is 328 g/mol. The van der Waals surface area contributed by atoms with E-state index in [4.69, 9.17) is 14.5 Å². The summed E-state index contributed by atoms with van der Waals surface area (Å²) in [5, 5.41) is 6.92. The lowest BCUT2D eigenvalue weighted by atomic mass is 9.83. The summed E-state index contributed by atoms with van der Waals surface area (Å²) in [5.41, 5.74) is 1.42. The fourth-order valence-electron chi connectivity index (χ4n) is 3.52. The zero-order chi connectivity index (χ0) is 18.7. The number of hydrogen-bond acceptors (Lipinski definition) is 4. The van der Waals surface area contributed by atoms with Gasteiger partial charge in [0.15, 0.2) is 5.96 Å². The molecule has 2 rings (SSSR count). The van der Waals surface area contributed by atoms with Crippen LogP contribution in [0, 0.1) is 5.41 Å². The molecule has 0 saturated heterocycles. The molecule has 1 saturated carbocycles. The van der Waals surface area contributed by atoms with E-state index in [9.17, 15) is 0 Å². The zero-order valence-corrected chi connectivity index (χ0v) is 16.5. The van der Waals surface area contributed by atoms with Gasteiger partial charge in [-0.3, -0.25) is 0 Å². The molecule has 26 heavy (non-hydrogen) atoms.